The highest BCUT2D eigenvalue weighted by atomic mass is 15.1. The molecule has 1 aromatic heterocycles. The van der Waals surface area contributed by atoms with Gasteiger partial charge in [-0.2, -0.15) is 0 Å². The van der Waals surface area contributed by atoms with Crippen LogP contribution in [-0.4, -0.2) is 22.6 Å². The van der Waals surface area contributed by atoms with Gasteiger partial charge < -0.3 is 10.6 Å². The number of aryl methyl sites for hydroxylation is 1. The van der Waals surface area contributed by atoms with E-state index in [0.29, 0.717) is 6.04 Å². The maximum atomic E-state index is 4.48. The van der Waals surface area contributed by atoms with Crippen molar-refractivity contribution in [3.05, 3.63) is 24.5 Å². The zero-order chi connectivity index (χ0) is 13.5. The number of nitrogens with zero attached hydrogens (tertiary/aromatic N) is 2. The monoisotopic (exact) mass is 260 g/mol. The summed E-state index contributed by atoms with van der Waals surface area (Å²) in [6, 6.07) is 2.55. The third-order valence-corrected chi connectivity index (χ3v) is 3.47. The van der Waals surface area contributed by atoms with Crippen LogP contribution >= 0.6 is 0 Å². The first kappa shape index (κ1) is 13.8. The van der Waals surface area contributed by atoms with Crippen molar-refractivity contribution in [1.82, 2.24) is 9.97 Å². The SMILES string of the molecule is C=CCNc1cc(NC2CCCCCC2)nc(C)n1. The zero-order valence-electron chi connectivity index (χ0n) is 11.8. The number of rotatable bonds is 5. The van der Waals surface area contributed by atoms with Crippen LogP contribution in [-0.2, 0) is 0 Å². The molecule has 0 saturated heterocycles. The van der Waals surface area contributed by atoms with Gasteiger partial charge in [-0.15, -0.1) is 6.58 Å². The molecule has 0 spiro atoms. The van der Waals surface area contributed by atoms with Gasteiger partial charge in [0.15, 0.2) is 0 Å². The lowest BCUT2D eigenvalue weighted by molar-refractivity contribution is 0.617. The van der Waals surface area contributed by atoms with Gasteiger partial charge in [0, 0.05) is 18.7 Å². The first-order valence-electron chi connectivity index (χ1n) is 7.25. The Morgan fingerprint density at radius 2 is 1.89 bits per heavy atom. The highest BCUT2D eigenvalue weighted by Crippen LogP contribution is 2.21. The van der Waals surface area contributed by atoms with Crippen LogP contribution in [0.5, 0.6) is 0 Å². The second-order valence-corrected chi connectivity index (χ2v) is 5.19. The Morgan fingerprint density at radius 3 is 2.58 bits per heavy atom. The van der Waals surface area contributed by atoms with E-state index in [1.807, 2.05) is 19.1 Å². The molecule has 1 aliphatic rings. The van der Waals surface area contributed by atoms with Crippen LogP contribution in [0.25, 0.3) is 0 Å². The van der Waals surface area contributed by atoms with Gasteiger partial charge in [0.25, 0.3) is 0 Å². The van der Waals surface area contributed by atoms with E-state index >= 15 is 0 Å². The number of hydrogen-bond acceptors (Lipinski definition) is 4. The Bertz CT molecular complexity index is 409. The Morgan fingerprint density at radius 1 is 1.21 bits per heavy atom. The number of anilines is 2. The molecule has 1 aliphatic carbocycles. The molecule has 19 heavy (non-hydrogen) atoms. The third-order valence-electron chi connectivity index (χ3n) is 3.47. The van der Waals surface area contributed by atoms with Crippen LogP contribution in [0.1, 0.15) is 44.3 Å². The second-order valence-electron chi connectivity index (χ2n) is 5.19. The molecule has 1 heterocycles. The lowest BCUT2D eigenvalue weighted by Crippen LogP contribution is -2.19. The minimum atomic E-state index is 0.559. The maximum absolute atomic E-state index is 4.48. The zero-order valence-corrected chi connectivity index (χ0v) is 11.8. The summed E-state index contributed by atoms with van der Waals surface area (Å²) in [5.74, 6) is 2.60. The van der Waals surface area contributed by atoms with E-state index in [0.717, 1.165) is 24.0 Å². The number of nitrogens with one attached hydrogen (secondary N) is 2. The van der Waals surface area contributed by atoms with Crippen molar-refractivity contribution in [2.45, 2.75) is 51.5 Å². The molecule has 0 unspecified atom stereocenters. The van der Waals surface area contributed by atoms with Gasteiger partial charge in [-0.05, 0) is 19.8 Å². The predicted molar refractivity (Wildman–Crippen MR) is 80.6 cm³/mol. The summed E-state index contributed by atoms with van der Waals surface area (Å²) in [7, 11) is 0. The Balaban J connectivity index is 2.01. The average molecular weight is 260 g/mol. The van der Waals surface area contributed by atoms with E-state index in [1.165, 1.54) is 38.5 Å². The molecule has 1 saturated carbocycles. The smallest absolute Gasteiger partial charge is 0.132 e. The maximum Gasteiger partial charge on any atom is 0.132 e. The van der Waals surface area contributed by atoms with Crippen molar-refractivity contribution in [2.75, 3.05) is 17.2 Å². The molecule has 104 valence electrons. The molecule has 0 radical (unpaired) electrons. The molecule has 4 nitrogen and oxygen atoms in total. The molecule has 4 heteroatoms. The highest BCUT2D eigenvalue weighted by Gasteiger charge is 2.13. The Labute approximate surface area is 115 Å². The van der Waals surface area contributed by atoms with Gasteiger partial charge in [0.2, 0.25) is 0 Å². The molecule has 0 atom stereocenters. The lowest BCUT2D eigenvalue weighted by atomic mass is 10.1. The van der Waals surface area contributed by atoms with Crippen molar-refractivity contribution in [1.29, 1.82) is 0 Å². The highest BCUT2D eigenvalue weighted by molar-refractivity contribution is 5.48. The Hall–Kier alpha value is -1.58. The summed E-state index contributed by atoms with van der Waals surface area (Å²) < 4.78 is 0. The fourth-order valence-corrected chi connectivity index (χ4v) is 2.54. The van der Waals surface area contributed by atoms with Crippen LogP contribution < -0.4 is 10.6 Å². The molecule has 0 aromatic carbocycles. The van der Waals surface area contributed by atoms with Crippen LogP contribution in [0.4, 0.5) is 11.6 Å². The summed E-state index contributed by atoms with van der Waals surface area (Å²) in [5.41, 5.74) is 0. The third kappa shape index (κ3) is 4.54. The van der Waals surface area contributed by atoms with Gasteiger partial charge >= 0.3 is 0 Å². The van der Waals surface area contributed by atoms with Crippen LogP contribution in [0.15, 0.2) is 18.7 Å². The summed E-state index contributed by atoms with van der Waals surface area (Å²) >= 11 is 0. The standard InChI is InChI=1S/C15H24N4/c1-3-10-16-14-11-15(18-12(2)17-14)19-13-8-6-4-5-7-9-13/h3,11,13H,1,4-10H2,2H3,(H2,16,17,18,19). The molecule has 1 aromatic rings. The molecular weight excluding hydrogens is 236 g/mol. The van der Waals surface area contributed by atoms with Crippen molar-refractivity contribution in [3.63, 3.8) is 0 Å². The van der Waals surface area contributed by atoms with Crippen LogP contribution in [0.2, 0.25) is 0 Å². The molecule has 2 rings (SSSR count). The molecule has 0 aliphatic heterocycles. The topological polar surface area (TPSA) is 49.8 Å². The van der Waals surface area contributed by atoms with Crippen LogP contribution in [0, 0.1) is 6.92 Å². The Kier molecular flexibility index (Phi) is 5.19. The van der Waals surface area contributed by atoms with E-state index in [4.69, 9.17) is 0 Å². The van der Waals surface area contributed by atoms with Gasteiger partial charge in [-0.3, -0.25) is 0 Å². The second kappa shape index (κ2) is 7.12. The number of aromatic nitrogens is 2. The van der Waals surface area contributed by atoms with E-state index < -0.39 is 0 Å². The van der Waals surface area contributed by atoms with E-state index in [-0.39, 0.29) is 0 Å². The molecule has 0 amide bonds. The van der Waals surface area contributed by atoms with E-state index in [1.54, 1.807) is 0 Å². The average Bonchev–Trinajstić information content (AvgIpc) is 2.64. The fraction of sp³-hybridized carbons (Fsp3) is 0.600. The summed E-state index contributed by atoms with van der Waals surface area (Å²) in [6.07, 6.45) is 9.71. The summed E-state index contributed by atoms with van der Waals surface area (Å²) in [4.78, 5) is 8.85. The van der Waals surface area contributed by atoms with Gasteiger partial charge in [0.05, 0.1) is 0 Å². The predicted octanol–water partition coefficient (Wildman–Crippen LogP) is 3.52. The quantitative estimate of drug-likeness (QED) is 0.628. The van der Waals surface area contributed by atoms with Gasteiger partial charge in [0.1, 0.15) is 17.5 Å². The van der Waals surface area contributed by atoms with Crippen LogP contribution in [0.3, 0.4) is 0 Å². The molecule has 2 N–H and O–H groups in total. The lowest BCUT2D eigenvalue weighted by Gasteiger charge is -2.17. The summed E-state index contributed by atoms with van der Waals surface area (Å²) in [5, 5.41) is 6.78. The van der Waals surface area contributed by atoms with Gasteiger partial charge in [-0.1, -0.05) is 31.8 Å². The molecular formula is C15H24N4. The minimum absolute atomic E-state index is 0.559. The number of hydrogen-bond donors (Lipinski definition) is 2. The van der Waals surface area contributed by atoms with E-state index in [2.05, 4.69) is 27.2 Å². The van der Waals surface area contributed by atoms with Crippen molar-refractivity contribution in [3.8, 4) is 0 Å². The van der Waals surface area contributed by atoms with E-state index in [9.17, 15) is 0 Å². The van der Waals surface area contributed by atoms with Crippen molar-refractivity contribution in [2.24, 2.45) is 0 Å². The normalized spacial score (nSPS) is 16.7. The van der Waals surface area contributed by atoms with Crippen molar-refractivity contribution < 1.29 is 0 Å². The molecule has 0 bridgehead atoms. The minimum Gasteiger partial charge on any atom is -0.367 e. The first-order valence-corrected chi connectivity index (χ1v) is 7.25. The largest absolute Gasteiger partial charge is 0.367 e. The van der Waals surface area contributed by atoms with Crippen molar-refractivity contribution >= 4 is 11.6 Å². The fourth-order valence-electron chi connectivity index (χ4n) is 2.54. The summed E-state index contributed by atoms with van der Waals surface area (Å²) in [6.45, 7) is 6.35. The molecule has 1 fully saturated rings. The van der Waals surface area contributed by atoms with Gasteiger partial charge in [-0.25, -0.2) is 9.97 Å². The first-order chi connectivity index (χ1) is 9.28.